The number of aromatic nitrogens is 1. The Labute approximate surface area is 64.1 Å². The Kier molecular flexibility index (Phi) is 2.06. The minimum atomic E-state index is 0.236. The number of pyridine rings is 1. The lowest BCUT2D eigenvalue weighted by molar-refractivity contribution is 0.413. The zero-order valence-electron chi connectivity index (χ0n) is 6.16. The number of ether oxygens (including phenoxy) is 1. The summed E-state index contributed by atoms with van der Waals surface area (Å²) in [6.45, 7) is 0. The van der Waals surface area contributed by atoms with Crippen LogP contribution in [0.2, 0.25) is 0 Å². The Morgan fingerprint density at radius 2 is 2.36 bits per heavy atom. The van der Waals surface area contributed by atoms with Gasteiger partial charge in [-0.05, 0) is 6.07 Å². The molecular weight excluding hydrogens is 142 g/mol. The van der Waals surface area contributed by atoms with Gasteiger partial charge in [-0.2, -0.15) is 0 Å². The molecule has 0 aliphatic rings. The number of hydrogen-bond donors (Lipinski definition) is 2. The minimum Gasteiger partial charge on any atom is -0.497 e. The predicted molar refractivity (Wildman–Crippen MR) is 41.0 cm³/mol. The van der Waals surface area contributed by atoms with Gasteiger partial charge < -0.3 is 4.74 Å². The third kappa shape index (κ3) is 1.46. The summed E-state index contributed by atoms with van der Waals surface area (Å²) >= 11 is 0. The Morgan fingerprint density at radius 3 is 2.82 bits per heavy atom. The highest BCUT2D eigenvalue weighted by molar-refractivity contribution is 5.54. The SMILES string of the molecule is COc1ccn(C=N)c(=N)c1. The van der Waals surface area contributed by atoms with Gasteiger partial charge in [0.2, 0.25) is 0 Å². The van der Waals surface area contributed by atoms with Crippen molar-refractivity contribution < 1.29 is 4.74 Å². The first-order valence-corrected chi connectivity index (χ1v) is 3.09. The first-order chi connectivity index (χ1) is 5.27. The molecule has 58 valence electrons. The van der Waals surface area contributed by atoms with E-state index in [1.54, 1.807) is 25.4 Å². The van der Waals surface area contributed by atoms with Gasteiger partial charge >= 0.3 is 0 Å². The second-order valence-electron chi connectivity index (χ2n) is 1.99. The van der Waals surface area contributed by atoms with Crippen LogP contribution in [-0.4, -0.2) is 18.0 Å². The lowest BCUT2D eigenvalue weighted by Crippen LogP contribution is -2.17. The zero-order chi connectivity index (χ0) is 8.27. The fraction of sp³-hybridized carbons (Fsp3) is 0.143. The molecule has 4 nitrogen and oxygen atoms in total. The van der Waals surface area contributed by atoms with Gasteiger partial charge in [0.15, 0.2) is 0 Å². The highest BCUT2D eigenvalue weighted by Crippen LogP contribution is 2.02. The van der Waals surface area contributed by atoms with Gasteiger partial charge in [0, 0.05) is 12.3 Å². The molecule has 0 aliphatic heterocycles. The molecule has 0 aliphatic carbocycles. The Morgan fingerprint density at radius 1 is 1.64 bits per heavy atom. The van der Waals surface area contributed by atoms with E-state index in [9.17, 15) is 0 Å². The number of methoxy groups -OCH3 is 1. The van der Waals surface area contributed by atoms with Crippen molar-refractivity contribution in [2.75, 3.05) is 7.11 Å². The van der Waals surface area contributed by atoms with Crippen LogP contribution < -0.4 is 10.2 Å². The second-order valence-corrected chi connectivity index (χ2v) is 1.99. The van der Waals surface area contributed by atoms with Crippen LogP contribution in [0.5, 0.6) is 5.75 Å². The first-order valence-electron chi connectivity index (χ1n) is 3.09. The molecule has 1 aromatic heterocycles. The lowest BCUT2D eigenvalue weighted by atomic mass is 10.4. The first kappa shape index (κ1) is 7.53. The molecule has 0 aromatic carbocycles. The molecule has 0 fully saturated rings. The largest absolute Gasteiger partial charge is 0.497 e. The number of nitrogens with one attached hydrogen (secondary N) is 2. The number of rotatable bonds is 2. The third-order valence-corrected chi connectivity index (χ3v) is 1.33. The zero-order valence-corrected chi connectivity index (χ0v) is 6.16. The molecule has 0 unspecified atom stereocenters. The van der Waals surface area contributed by atoms with Crippen molar-refractivity contribution in [2.45, 2.75) is 0 Å². The summed E-state index contributed by atoms with van der Waals surface area (Å²) in [5, 5.41) is 14.2. The van der Waals surface area contributed by atoms with Crippen molar-refractivity contribution >= 4 is 6.34 Å². The molecule has 0 radical (unpaired) electrons. The van der Waals surface area contributed by atoms with Crippen LogP contribution in [0, 0.1) is 10.8 Å². The van der Waals surface area contributed by atoms with Crippen molar-refractivity contribution in [3.05, 3.63) is 23.8 Å². The van der Waals surface area contributed by atoms with Gasteiger partial charge in [-0.25, -0.2) is 0 Å². The lowest BCUT2D eigenvalue weighted by Gasteiger charge is -2.00. The monoisotopic (exact) mass is 151 g/mol. The maximum Gasteiger partial charge on any atom is 0.133 e. The van der Waals surface area contributed by atoms with Crippen LogP contribution in [0.15, 0.2) is 18.3 Å². The van der Waals surface area contributed by atoms with Crippen LogP contribution in [0.3, 0.4) is 0 Å². The summed E-state index contributed by atoms with van der Waals surface area (Å²) in [6.07, 6.45) is 2.68. The van der Waals surface area contributed by atoms with Crippen molar-refractivity contribution in [3.8, 4) is 5.75 Å². The molecule has 0 saturated heterocycles. The normalized spacial score (nSPS) is 9.18. The van der Waals surface area contributed by atoms with E-state index in [1.165, 1.54) is 4.57 Å². The molecule has 4 heteroatoms. The molecule has 2 N–H and O–H groups in total. The molecule has 0 saturated carbocycles. The second kappa shape index (κ2) is 3.01. The van der Waals surface area contributed by atoms with E-state index in [0.29, 0.717) is 5.75 Å². The average molecular weight is 151 g/mol. The van der Waals surface area contributed by atoms with Crippen molar-refractivity contribution in [2.24, 2.45) is 0 Å². The quantitative estimate of drug-likeness (QED) is 0.467. The molecule has 11 heavy (non-hydrogen) atoms. The summed E-state index contributed by atoms with van der Waals surface area (Å²) in [5.74, 6) is 0.633. The molecule has 1 heterocycles. The van der Waals surface area contributed by atoms with Crippen molar-refractivity contribution in [3.63, 3.8) is 0 Å². The molecule has 0 spiro atoms. The third-order valence-electron chi connectivity index (χ3n) is 1.33. The molecule has 1 rings (SSSR count). The summed E-state index contributed by atoms with van der Waals surface area (Å²) in [6, 6.07) is 3.24. The Balaban J connectivity index is 3.20. The van der Waals surface area contributed by atoms with E-state index in [1.807, 2.05) is 0 Å². The van der Waals surface area contributed by atoms with E-state index in [2.05, 4.69) is 0 Å². The van der Waals surface area contributed by atoms with Gasteiger partial charge in [0.25, 0.3) is 0 Å². The van der Waals surface area contributed by atoms with Crippen LogP contribution in [0.4, 0.5) is 0 Å². The minimum absolute atomic E-state index is 0.236. The van der Waals surface area contributed by atoms with Gasteiger partial charge in [0.1, 0.15) is 11.2 Å². The van der Waals surface area contributed by atoms with E-state index in [0.717, 1.165) is 6.34 Å². The van der Waals surface area contributed by atoms with Crippen LogP contribution >= 0.6 is 0 Å². The summed E-state index contributed by atoms with van der Waals surface area (Å²) in [4.78, 5) is 0. The summed E-state index contributed by atoms with van der Waals surface area (Å²) in [5.41, 5.74) is 0.236. The molecule has 1 aromatic rings. The van der Waals surface area contributed by atoms with E-state index in [-0.39, 0.29) is 5.49 Å². The summed E-state index contributed by atoms with van der Waals surface area (Å²) in [7, 11) is 1.55. The predicted octanol–water partition coefficient (Wildman–Crippen LogP) is 0.431. The molecular formula is C7H9N3O. The molecule has 0 atom stereocenters. The van der Waals surface area contributed by atoms with Crippen molar-refractivity contribution in [1.29, 1.82) is 10.8 Å². The van der Waals surface area contributed by atoms with Crippen LogP contribution in [0.25, 0.3) is 0 Å². The van der Waals surface area contributed by atoms with E-state index >= 15 is 0 Å². The highest BCUT2D eigenvalue weighted by Gasteiger charge is 1.90. The van der Waals surface area contributed by atoms with Gasteiger partial charge in [0.05, 0.1) is 13.4 Å². The number of nitrogens with zero attached hydrogens (tertiary/aromatic N) is 1. The smallest absolute Gasteiger partial charge is 0.133 e. The molecule has 0 bridgehead atoms. The number of hydrogen-bond acceptors (Lipinski definition) is 3. The maximum atomic E-state index is 7.35. The standard InChI is InChI=1S/C7H9N3O/c1-11-6-2-3-10(5-8)7(9)4-6/h2-5,8-9H,1H3. The topological polar surface area (TPSA) is 61.9 Å². The average Bonchev–Trinajstić information content (AvgIpc) is 2.04. The van der Waals surface area contributed by atoms with Crippen LogP contribution in [-0.2, 0) is 0 Å². The maximum absolute atomic E-state index is 7.35. The van der Waals surface area contributed by atoms with E-state index in [4.69, 9.17) is 15.6 Å². The van der Waals surface area contributed by atoms with Gasteiger partial charge in [-0.1, -0.05) is 0 Å². The van der Waals surface area contributed by atoms with E-state index < -0.39 is 0 Å². The molecule has 0 amide bonds. The summed E-state index contributed by atoms with van der Waals surface area (Å²) < 4.78 is 6.26. The van der Waals surface area contributed by atoms with Crippen molar-refractivity contribution in [1.82, 2.24) is 4.57 Å². The fourth-order valence-corrected chi connectivity index (χ4v) is 0.731. The van der Waals surface area contributed by atoms with Crippen LogP contribution in [0.1, 0.15) is 0 Å². The fourth-order valence-electron chi connectivity index (χ4n) is 0.731. The Hall–Kier alpha value is -1.58. The highest BCUT2D eigenvalue weighted by atomic mass is 16.5. The Bertz CT molecular complexity index is 316. The van der Waals surface area contributed by atoms with Gasteiger partial charge in [-0.15, -0.1) is 0 Å². The van der Waals surface area contributed by atoms with Gasteiger partial charge in [-0.3, -0.25) is 15.4 Å².